The second-order valence-corrected chi connectivity index (χ2v) is 10.5. The first-order chi connectivity index (χ1) is 16.5. The maximum atomic E-state index is 13.5. The standard InChI is InChI=1S/C25H28N4O4S/c1-2-28-12-11-23-21(17-28)24(20-5-3-4-6-22(20)27-23)25(30)26-18-7-9-19(10-8-18)34(31,32)29-13-15-33-16-14-29/h3-10H,2,11-17H2,1H3,(H,26,30). The number of pyridine rings is 1. The highest BCUT2D eigenvalue weighted by molar-refractivity contribution is 7.89. The van der Waals surface area contributed by atoms with Gasteiger partial charge in [0.25, 0.3) is 5.91 Å². The molecule has 8 nitrogen and oxygen atoms in total. The second-order valence-electron chi connectivity index (χ2n) is 8.54. The molecule has 0 aliphatic carbocycles. The number of nitrogens with one attached hydrogen (secondary N) is 1. The third-order valence-electron chi connectivity index (χ3n) is 6.52. The Morgan fingerprint density at radius 3 is 2.53 bits per heavy atom. The number of ether oxygens (including phenoxy) is 1. The van der Waals surface area contributed by atoms with Crippen molar-refractivity contribution in [3.63, 3.8) is 0 Å². The molecule has 2 aromatic carbocycles. The fourth-order valence-electron chi connectivity index (χ4n) is 4.62. The van der Waals surface area contributed by atoms with Crippen molar-refractivity contribution in [2.45, 2.75) is 24.8 Å². The molecule has 2 aliphatic heterocycles. The van der Waals surface area contributed by atoms with Gasteiger partial charge in [0, 0.05) is 54.9 Å². The summed E-state index contributed by atoms with van der Waals surface area (Å²) in [6.07, 6.45) is 0.808. The van der Waals surface area contributed by atoms with E-state index in [0.29, 0.717) is 44.1 Å². The maximum Gasteiger partial charge on any atom is 0.256 e. The number of hydrogen-bond donors (Lipinski definition) is 1. The van der Waals surface area contributed by atoms with Crippen LogP contribution in [0.3, 0.4) is 0 Å². The summed E-state index contributed by atoms with van der Waals surface area (Å²) in [5.41, 5.74) is 3.94. The van der Waals surface area contributed by atoms with Crippen molar-refractivity contribution < 1.29 is 17.9 Å². The first-order valence-electron chi connectivity index (χ1n) is 11.6. The van der Waals surface area contributed by atoms with E-state index >= 15 is 0 Å². The molecule has 9 heteroatoms. The molecular weight excluding hydrogens is 452 g/mol. The van der Waals surface area contributed by atoms with Gasteiger partial charge in [0.2, 0.25) is 10.0 Å². The van der Waals surface area contributed by atoms with Gasteiger partial charge in [-0.05, 0) is 36.9 Å². The number of rotatable bonds is 5. The topological polar surface area (TPSA) is 91.8 Å². The smallest absolute Gasteiger partial charge is 0.256 e. The number of carbonyl (C=O) groups is 1. The molecule has 0 bridgehead atoms. The van der Waals surface area contributed by atoms with Gasteiger partial charge in [0.1, 0.15) is 0 Å². The zero-order chi connectivity index (χ0) is 23.7. The van der Waals surface area contributed by atoms with Crippen LogP contribution in [0.5, 0.6) is 0 Å². The van der Waals surface area contributed by atoms with E-state index in [1.807, 2.05) is 24.3 Å². The van der Waals surface area contributed by atoms with E-state index in [9.17, 15) is 13.2 Å². The minimum atomic E-state index is -3.58. The fraction of sp³-hybridized carbons (Fsp3) is 0.360. The van der Waals surface area contributed by atoms with E-state index < -0.39 is 10.0 Å². The number of sulfonamides is 1. The Morgan fingerprint density at radius 1 is 1.06 bits per heavy atom. The third-order valence-corrected chi connectivity index (χ3v) is 8.43. The Kier molecular flexibility index (Phi) is 6.35. The van der Waals surface area contributed by atoms with Gasteiger partial charge in [-0.25, -0.2) is 8.42 Å². The molecule has 0 saturated carbocycles. The predicted octanol–water partition coefficient (Wildman–Crippen LogP) is 2.89. The molecule has 0 spiro atoms. The SMILES string of the molecule is CCN1CCc2nc3ccccc3c(C(=O)Nc3ccc(S(=O)(=O)N4CCOCC4)cc3)c2C1. The number of carbonyl (C=O) groups excluding carboxylic acids is 1. The summed E-state index contributed by atoms with van der Waals surface area (Å²) >= 11 is 0. The van der Waals surface area contributed by atoms with Crippen molar-refractivity contribution in [3.05, 3.63) is 65.4 Å². The van der Waals surface area contributed by atoms with E-state index in [0.717, 1.165) is 41.7 Å². The van der Waals surface area contributed by atoms with Crippen molar-refractivity contribution in [2.24, 2.45) is 0 Å². The number of nitrogens with zero attached hydrogens (tertiary/aromatic N) is 3. The quantitative estimate of drug-likeness (QED) is 0.604. The van der Waals surface area contributed by atoms with E-state index in [4.69, 9.17) is 9.72 Å². The molecule has 1 N–H and O–H groups in total. The average molecular weight is 481 g/mol. The van der Waals surface area contributed by atoms with Gasteiger partial charge in [-0.1, -0.05) is 25.1 Å². The highest BCUT2D eigenvalue weighted by Crippen LogP contribution is 2.29. The summed E-state index contributed by atoms with van der Waals surface area (Å²) < 4.78 is 32.4. The van der Waals surface area contributed by atoms with Gasteiger partial charge in [-0.15, -0.1) is 0 Å². The van der Waals surface area contributed by atoms with E-state index in [2.05, 4.69) is 17.1 Å². The van der Waals surface area contributed by atoms with Crippen LogP contribution >= 0.6 is 0 Å². The number of morpholine rings is 1. The predicted molar refractivity (Wildman–Crippen MR) is 130 cm³/mol. The lowest BCUT2D eigenvalue weighted by Gasteiger charge is -2.29. The highest BCUT2D eigenvalue weighted by atomic mass is 32.2. The maximum absolute atomic E-state index is 13.5. The Hall–Kier alpha value is -2.85. The average Bonchev–Trinajstić information content (AvgIpc) is 2.87. The number of benzene rings is 2. The van der Waals surface area contributed by atoms with Crippen LogP contribution in [0.4, 0.5) is 5.69 Å². The Bertz CT molecular complexity index is 1320. The van der Waals surface area contributed by atoms with Gasteiger partial charge in [-0.2, -0.15) is 4.31 Å². The van der Waals surface area contributed by atoms with Gasteiger partial charge in [0.05, 0.1) is 29.2 Å². The molecule has 178 valence electrons. The molecule has 2 aliphatic rings. The Morgan fingerprint density at radius 2 is 1.79 bits per heavy atom. The number of likely N-dealkylation sites (N-methyl/N-ethyl adjacent to an activating group) is 1. The van der Waals surface area contributed by atoms with Crippen molar-refractivity contribution in [1.29, 1.82) is 0 Å². The number of anilines is 1. The first kappa shape index (κ1) is 22.9. The largest absolute Gasteiger partial charge is 0.379 e. The molecule has 5 rings (SSSR count). The molecule has 3 heterocycles. The van der Waals surface area contributed by atoms with Crippen LogP contribution in [0.1, 0.15) is 28.5 Å². The lowest BCUT2D eigenvalue weighted by molar-refractivity contribution is 0.0730. The van der Waals surface area contributed by atoms with Crippen molar-refractivity contribution in [3.8, 4) is 0 Å². The molecule has 1 saturated heterocycles. The first-order valence-corrected chi connectivity index (χ1v) is 13.0. The van der Waals surface area contributed by atoms with Crippen molar-refractivity contribution in [2.75, 3.05) is 44.7 Å². The summed E-state index contributed by atoms with van der Waals surface area (Å²) in [5, 5.41) is 3.80. The van der Waals surface area contributed by atoms with Gasteiger partial charge >= 0.3 is 0 Å². The summed E-state index contributed by atoms with van der Waals surface area (Å²) in [5.74, 6) is -0.211. The molecule has 3 aromatic rings. The van der Waals surface area contributed by atoms with Crippen LogP contribution in [-0.4, -0.2) is 67.9 Å². The minimum Gasteiger partial charge on any atom is -0.379 e. The van der Waals surface area contributed by atoms with E-state index in [-0.39, 0.29) is 10.8 Å². The van der Waals surface area contributed by atoms with Gasteiger partial charge in [0.15, 0.2) is 0 Å². The number of fused-ring (bicyclic) bond motifs is 2. The minimum absolute atomic E-state index is 0.206. The molecule has 1 amide bonds. The zero-order valence-electron chi connectivity index (χ0n) is 19.2. The van der Waals surface area contributed by atoms with E-state index in [1.165, 1.54) is 4.31 Å². The number of amides is 1. The van der Waals surface area contributed by atoms with E-state index in [1.54, 1.807) is 24.3 Å². The lowest BCUT2D eigenvalue weighted by Crippen LogP contribution is -2.40. The molecule has 0 atom stereocenters. The summed E-state index contributed by atoms with van der Waals surface area (Å²) in [6.45, 7) is 6.11. The highest BCUT2D eigenvalue weighted by Gasteiger charge is 2.27. The van der Waals surface area contributed by atoms with Crippen LogP contribution in [0.25, 0.3) is 10.9 Å². The van der Waals surface area contributed by atoms with Gasteiger partial charge in [-0.3, -0.25) is 14.7 Å². The fourth-order valence-corrected chi connectivity index (χ4v) is 6.02. The van der Waals surface area contributed by atoms with Crippen molar-refractivity contribution >= 4 is 32.5 Å². The Balaban J connectivity index is 1.44. The second kappa shape index (κ2) is 9.42. The van der Waals surface area contributed by atoms with Crippen LogP contribution in [0.2, 0.25) is 0 Å². The molecule has 0 radical (unpaired) electrons. The van der Waals surface area contributed by atoms with Gasteiger partial charge < -0.3 is 10.1 Å². The normalized spacial score (nSPS) is 17.4. The van der Waals surface area contributed by atoms with Crippen LogP contribution in [0, 0.1) is 0 Å². The van der Waals surface area contributed by atoms with Crippen LogP contribution < -0.4 is 5.32 Å². The molecular formula is C25H28N4O4S. The molecule has 34 heavy (non-hydrogen) atoms. The summed E-state index contributed by atoms with van der Waals surface area (Å²) in [7, 11) is -3.58. The molecule has 1 fully saturated rings. The number of para-hydroxylation sites is 1. The number of aromatic nitrogens is 1. The monoisotopic (exact) mass is 480 g/mol. The summed E-state index contributed by atoms with van der Waals surface area (Å²) in [4.78, 5) is 20.9. The van der Waals surface area contributed by atoms with Crippen molar-refractivity contribution in [1.82, 2.24) is 14.2 Å². The molecule has 1 aromatic heterocycles. The zero-order valence-corrected chi connectivity index (χ0v) is 20.0. The van der Waals surface area contributed by atoms with Crippen LogP contribution in [-0.2, 0) is 27.7 Å². The summed E-state index contributed by atoms with van der Waals surface area (Å²) in [6, 6.07) is 14.1. The Labute approximate surface area is 199 Å². The molecule has 0 unspecified atom stereocenters. The number of hydrogen-bond acceptors (Lipinski definition) is 6. The third kappa shape index (κ3) is 4.32. The lowest BCUT2D eigenvalue weighted by atomic mass is 9.95. The van der Waals surface area contributed by atoms with Crippen LogP contribution in [0.15, 0.2) is 53.4 Å².